The van der Waals surface area contributed by atoms with Crippen molar-refractivity contribution in [2.24, 2.45) is 0 Å². The Labute approximate surface area is 212 Å². The largest absolute Gasteiger partial charge is 0.490 e. The Balaban J connectivity index is 1.38. The number of hydrogen-bond donors (Lipinski definition) is 1. The molecule has 0 spiro atoms. The fourth-order valence-corrected chi connectivity index (χ4v) is 5.11. The molecule has 0 bridgehead atoms. The second-order valence-electron chi connectivity index (χ2n) is 9.68. The van der Waals surface area contributed by atoms with Gasteiger partial charge in [0.1, 0.15) is 24.3 Å². The third-order valence-corrected chi connectivity index (χ3v) is 7.05. The average Bonchev–Trinajstić information content (AvgIpc) is 3.44. The zero-order valence-electron chi connectivity index (χ0n) is 21.1. The summed E-state index contributed by atoms with van der Waals surface area (Å²) in [7, 11) is 0. The molecule has 1 N–H and O–H groups in total. The lowest BCUT2D eigenvalue weighted by Gasteiger charge is -2.20. The molecule has 0 aliphatic carbocycles. The number of imidazole rings is 1. The number of benzene rings is 3. The van der Waals surface area contributed by atoms with E-state index in [1.807, 2.05) is 73.3 Å². The van der Waals surface area contributed by atoms with Crippen molar-refractivity contribution in [1.82, 2.24) is 9.55 Å². The van der Waals surface area contributed by atoms with Gasteiger partial charge in [0.25, 0.3) is 0 Å². The van der Waals surface area contributed by atoms with E-state index in [9.17, 15) is 9.90 Å². The van der Waals surface area contributed by atoms with Crippen molar-refractivity contribution >= 4 is 22.6 Å². The van der Waals surface area contributed by atoms with E-state index in [-0.39, 0.29) is 18.4 Å². The maximum atomic E-state index is 13.0. The number of nitrogens with zero attached hydrogens (tertiary/aromatic N) is 3. The van der Waals surface area contributed by atoms with Gasteiger partial charge in [-0.1, -0.05) is 49.4 Å². The minimum Gasteiger partial charge on any atom is -0.490 e. The number of ether oxygens (including phenoxy) is 1. The Kier molecular flexibility index (Phi) is 6.79. The van der Waals surface area contributed by atoms with Crippen molar-refractivity contribution in [3.8, 4) is 5.75 Å². The summed E-state index contributed by atoms with van der Waals surface area (Å²) in [5, 5.41) is 11.0. The van der Waals surface area contributed by atoms with E-state index in [0.717, 1.165) is 45.8 Å². The number of aliphatic hydroxyl groups excluding tert-OH is 1. The van der Waals surface area contributed by atoms with Crippen LogP contribution < -0.4 is 9.64 Å². The van der Waals surface area contributed by atoms with Crippen LogP contribution in [0, 0.1) is 13.8 Å². The lowest BCUT2D eigenvalue weighted by Crippen LogP contribution is -2.26. The Morgan fingerprint density at radius 1 is 1.03 bits per heavy atom. The van der Waals surface area contributed by atoms with Crippen molar-refractivity contribution in [2.45, 2.75) is 52.2 Å². The van der Waals surface area contributed by atoms with Gasteiger partial charge < -0.3 is 19.3 Å². The SMILES string of the molecule is CCc1ccc(N2C[C@@H](c3nc4ccccc4n3C[C@H](O)COc3c(C)cccc3C)CC2=O)cc1. The van der Waals surface area contributed by atoms with Gasteiger partial charge >= 0.3 is 0 Å². The second-order valence-corrected chi connectivity index (χ2v) is 9.68. The summed E-state index contributed by atoms with van der Waals surface area (Å²) in [6.45, 7) is 7.23. The highest BCUT2D eigenvalue weighted by atomic mass is 16.5. The smallest absolute Gasteiger partial charge is 0.227 e. The van der Waals surface area contributed by atoms with Gasteiger partial charge in [0.05, 0.1) is 17.6 Å². The van der Waals surface area contributed by atoms with E-state index < -0.39 is 6.10 Å². The normalized spacial score (nSPS) is 16.6. The van der Waals surface area contributed by atoms with Crippen LogP contribution >= 0.6 is 0 Å². The number of aryl methyl sites for hydroxylation is 3. The van der Waals surface area contributed by atoms with E-state index in [2.05, 4.69) is 23.6 Å². The maximum Gasteiger partial charge on any atom is 0.227 e. The van der Waals surface area contributed by atoms with E-state index in [4.69, 9.17) is 9.72 Å². The third-order valence-electron chi connectivity index (χ3n) is 7.05. The number of amides is 1. The van der Waals surface area contributed by atoms with Crippen LogP contribution in [-0.4, -0.2) is 39.8 Å². The van der Waals surface area contributed by atoms with Crippen LogP contribution in [0.3, 0.4) is 0 Å². The Bertz CT molecular complexity index is 1360. The monoisotopic (exact) mass is 483 g/mol. The highest BCUT2D eigenvalue weighted by Gasteiger charge is 2.35. The lowest BCUT2D eigenvalue weighted by atomic mass is 10.1. The standard InChI is InChI=1S/C30H33N3O3/c1-4-22-12-14-24(15-13-22)32-17-23(16-28(32)35)30-31-26-10-5-6-11-27(26)33(30)18-25(34)19-36-29-20(2)8-7-9-21(29)3/h5-15,23,25,34H,4,16-19H2,1-3H3/t23-,25-/m0/s1. The molecule has 1 amide bonds. The number of aromatic nitrogens is 2. The molecule has 1 aliphatic heterocycles. The quantitative estimate of drug-likeness (QED) is 0.375. The number of carbonyl (C=O) groups is 1. The van der Waals surface area contributed by atoms with Crippen LogP contribution in [0.5, 0.6) is 5.75 Å². The molecule has 186 valence electrons. The minimum absolute atomic E-state index is 0.0533. The molecule has 36 heavy (non-hydrogen) atoms. The van der Waals surface area contributed by atoms with E-state index in [1.165, 1.54) is 5.56 Å². The number of carbonyl (C=O) groups excluding carboxylic acids is 1. The van der Waals surface area contributed by atoms with Crippen LogP contribution in [0.25, 0.3) is 11.0 Å². The van der Waals surface area contributed by atoms with E-state index in [1.54, 1.807) is 0 Å². The van der Waals surface area contributed by atoms with Crippen molar-refractivity contribution in [3.63, 3.8) is 0 Å². The summed E-state index contributed by atoms with van der Waals surface area (Å²) in [5.41, 5.74) is 6.09. The van der Waals surface area contributed by atoms with Crippen molar-refractivity contribution in [3.05, 3.63) is 89.2 Å². The third kappa shape index (κ3) is 4.73. The van der Waals surface area contributed by atoms with Gasteiger partial charge in [-0.2, -0.15) is 0 Å². The molecule has 4 aromatic rings. The van der Waals surface area contributed by atoms with E-state index in [0.29, 0.717) is 19.5 Å². The molecule has 0 saturated carbocycles. The highest BCUT2D eigenvalue weighted by molar-refractivity contribution is 5.96. The fraction of sp³-hybridized carbons (Fsp3) is 0.333. The Morgan fingerprint density at radius 2 is 1.75 bits per heavy atom. The average molecular weight is 484 g/mol. The fourth-order valence-electron chi connectivity index (χ4n) is 5.11. The topological polar surface area (TPSA) is 67.6 Å². The van der Waals surface area contributed by atoms with Gasteiger partial charge in [0.15, 0.2) is 0 Å². The molecule has 0 unspecified atom stereocenters. The summed E-state index contributed by atoms with van der Waals surface area (Å²) in [6.07, 6.45) is 0.639. The number of anilines is 1. The van der Waals surface area contributed by atoms with Crippen LogP contribution in [0.4, 0.5) is 5.69 Å². The zero-order valence-corrected chi connectivity index (χ0v) is 21.1. The first kappa shape index (κ1) is 24.1. The highest BCUT2D eigenvalue weighted by Crippen LogP contribution is 2.33. The number of aliphatic hydroxyl groups is 1. The summed E-state index contributed by atoms with van der Waals surface area (Å²) >= 11 is 0. The molecule has 6 heteroatoms. The zero-order chi connectivity index (χ0) is 25.2. The Morgan fingerprint density at radius 3 is 2.47 bits per heavy atom. The van der Waals surface area contributed by atoms with Gasteiger partial charge in [0, 0.05) is 24.6 Å². The molecule has 1 saturated heterocycles. The number of fused-ring (bicyclic) bond motifs is 1. The molecule has 2 heterocycles. The van der Waals surface area contributed by atoms with Crippen LogP contribution in [-0.2, 0) is 17.8 Å². The maximum absolute atomic E-state index is 13.0. The predicted molar refractivity (Wildman–Crippen MR) is 143 cm³/mol. The molecule has 1 aliphatic rings. The first-order chi connectivity index (χ1) is 17.4. The predicted octanol–water partition coefficient (Wildman–Crippen LogP) is 5.18. The van der Waals surface area contributed by atoms with Gasteiger partial charge in [-0.3, -0.25) is 4.79 Å². The molecule has 0 radical (unpaired) electrons. The molecule has 1 aromatic heterocycles. The Hall–Kier alpha value is -3.64. The molecule has 3 aromatic carbocycles. The molecule has 2 atom stereocenters. The molecule has 6 nitrogen and oxygen atoms in total. The summed E-state index contributed by atoms with van der Waals surface area (Å²) in [5.74, 6) is 1.70. The van der Waals surface area contributed by atoms with Gasteiger partial charge in [-0.15, -0.1) is 0 Å². The summed E-state index contributed by atoms with van der Waals surface area (Å²) in [4.78, 5) is 19.8. The molecular weight excluding hydrogens is 450 g/mol. The molecule has 5 rings (SSSR count). The van der Waals surface area contributed by atoms with Gasteiger partial charge in [-0.25, -0.2) is 4.98 Å². The minimum atomic E-state index is -0.727. The van der Waals surface area contributed by atoms with Gasteiger partial charge in [0.2, 0.25) is 5.91 Å². The molecule has 1 fully saturated rings. The van der Waals surface area contributed by atoms with Crippen LogP contribution in [0.2, 0.25) is 0 Å². The van der Waals surface area contributed by atoms with Crippen molar-refractivity contribution < 1.29 is 14.6 Å². The van der Waals surface area contributed by atoms with E-state index >= 15 is 0 Å². The lowest BCUT2D eigenvalue weighted by molar-refractivity contribution is -0.117. The van der Waals surface area contributed by atoms with Crippen molar-refractivity contribution in [1.29, 1.82) is 0 Å². The van der Waals surface area contributed by atoms with Crippen molar-refractivity contribution in [2.75, 3.05) is 18.1 Å². The second kappa shape index (κ2) is 10.2. The first-order valence-electron chi connectivity index (χ1n) is 12.7. The number of para-hydroxylation sites is 3. The van der Waals surface area contributed by atoms with Gasteiger partial charge in [-0.05, 0) is 61.2 Å². The van der Waals surface area contributed by atoms with Crippen LogP contribution in [0.1, 0.15) is 41.8 Å². The van der Waals surface area contributed by atoms with Crippen LogP contribution in [0.15, 0.2) is 66.7 Å². The summed E-state index contributed by atoms with van der Waals surface area (Å²) < 4.78 is 8.09. The summed E-state index contributed by atoms with van der Waals surface area (Å²) in [6, 6.07) is 22.2. The number of hydrogen-bond acceptors (Lipinski definition) is 4. The first-order valence-corrected chi connectivity index (χ1v) is 12.7. The number of rotatable bonds is 8. The molecular formula is C30H33N3O3.